The highest BCUT2D eigenvalue weighted by Gasteiger charge is 2.54. The van der Waals surface area contributed by atoms with Crippen LogP contribution in [0.5, 0.6) is 0 Å². The number of nitrogens with one attached hydrogen (secondary N) is 2. The summed E-state index contributed by atoms with van der Waals surface area (Å²) >= 11 is 0. The second-order valence-corrected chi connectivity index (χ2v) is 7.79. The minimum atomic E-state index is -0.485. The first kappa shape index (κ1) is 15.5. The zero-order chi connectivity index (χ0) is 17.1. The van der Waals surface area contributed by atoms with Crippen molar-refractivity contribution < 1.29 is 9.90 Å². The fourth-order valence-corrected chi connectivity index (χ4v) is 5.39. The summed E-state index contributed by atoms with van der Waals surface area (Å²) in [6, 6.07) is 0.217. The summed E-state index contributed by atoms with van der Waals surface area (Å²) in [4.78, 5) is 16.2. The average Bonchev–Trinajstić information content (AvgIpc) is 2.52. The second kappa shape index (κ2) is 5.24. The number of carbonyl (C=O) groups is 1. The molecule has 4 saturated carbocycles. The maximum absolute atomic E-state index is 12.2. The van der Waals surface area contributed by atoms with Crippen molar-refractivity contribution in [3.05, 3.63) is 11.8 Å². The highest BCUT2D eigenvalue weighted by atomic mass is 16.3. The molecule has 4 aliphatic carbocycles. The van der Waals surface area contributed by atoms with E-state index in [2.05, 4.69) is 15.6 Å². The van der Waals surface area contributed by atoms with Crippen molar-refractivity contribution in [2.75, 3.05) is 23.8 Å². The molecule has 5 rings (SSSR count). The molecule has 5 atom stereocenters. The molecule has 1 unspecified atom stereocenters. The van der Waals surface area contributed by atoms with Crippen LogP contribution in [-0.4, -0.2) is 34.7 Å². The van der Waals surface area contributed by atoms with Gasteiger partial charge in [0.2, 0.25) is 0 Å². The molecule has 1 heterocycles. The zero-order valence-corrected chi connectivity index (χ0v) is 13.9. The number of nitrogen functional groups attached to an aromatic ring is 2. The lowest BCUT2D eigenvalue weighted by Crippen LogP contribution is -2.59. The van der Waals surface area contributed by atoms with E-state index in [1.165, 1.54) is 6.20 Å². The van der Waals surface area contributed by atoms with Gasteiger partial charge in [0.15, 0.2) is 0 Å². The number of nitrogens with two attached hydrogens (primary N) is 2. The molecule has 4 fully saturated rings. The van der Waals surface area contributed by atoms with Crippen LogP contribution in [0.15, 0.2) is 6.20 Å². The number of aromatic nitrogens is 1. The zero-order valence-electron chi connectivity index (χ0n) is 13.9. The SMILES string of the molecule is CNC(=O)c1cnc(N)c(N)c1N[C@H]1[C@@H]2CC3C[C@H]1C[C@@](O)(C3)C2. The lowest BCUT2D eigenvalue weighted by Gasteiger charge is -2.58. The number of anilines is 3. The molecule has 7 heteroatoms. The van der Waals surface area contributed by atoms with E-state index in [-0.39, 0.29) is 17.8 Å². The summed E-state index contributed by atoms with van der Waals surface area (Å²) in [5.41, 5.74) is 12.8. The molecular formula is C17H25N5O2. The number of nitrogens with zero attached hydrogens (tertiary/aromatic N) is 1. The predicted octanol–water partition coefficient (Wildman–Crippen LogP) is 0.957. The van der Waals surface area contributed by atoms with Gasteiger partial charge in [-0.15, -0.1) is 0 Å². The van der Waals surface area contributed by atoms with E-state index in [1.807, 2.05) is 0 Å². The highest BCUT2D eigenvalue weighted by Crippen LogP contribution is 2.56. The van der Waals surface area contributed by atoms with Crippen LogP contribution in [0.3, 0.4) is 0 Å². The van der Waals surface area contributed by atoms with Crippen LogP contribution in [0.2, 0.25) is 0 Å². The smallest absolute Gasteiger partial charge is 0.254 e. The van der Waals surface area contributed by atoms with Crippen LogP contribution in [0.4, 0.5) is 17.2 Å². The molecule has 0 spiro atoms. The van der Waals surface area contributed by atoms with Crippen LogP contribution in [0.1, 0.15) is 42.5 Å². The van der Waals surface area contributed by atoms with Crippen LogP contribution in [0, 0.1) is 17.8 Å². The van der Waals surface area contributed by atoms with Gasteiger partial charge in [-0.25, -0.2) is 4.98 Å². The number of hydrogen-bond donors (Lipinski definition) is 5. The Bertz CT molecular complexity index is 676. The average molecular weight is 331 g/mol. The van der Waals surface area contributed by atoms with Crippen molar-refractivity contribution in [2.24, 2.45) is 17.8 Å². The van der Waals surface area contributed by atoms with E-state index in [0.29, 0.717) is 34.7 Å². The number of carbonyl (C=O) groups excluding carboxylic acids is 1. The fraction of sp³-hybridized carbons (Fsp3) is 0.647. The largest absolute Gasteiger partial charge is 0.394 e. The van der Waals surface area contributed by atoms with Crippen molar-refractivity contribution in [3.63, 3.8) is 0 Å². The maximum atomic E-state index is 12.2. The Morgan fingerprint density at radius 1 is 1.29 bits per heavy atom. The van der Waals surface area contributed by atoms with Gasteiger partial charge < -0.3 is 27.2 Å². The Balaban J connectivity index is 1.67. The summed E-state index contributed by atoms with van der Waals surface area (Å²) < 4.78 is 0. The summed E-state index contributed by atoms with van der Waals surface area (Å²) in [6.07, 6.45) is 6.33. The van der Waals surface area contributed by atoms with Crippen LogP contribution in [0.25, 0.3) is 0 Å². The molecule has 4 bridgehead atoms. The van der Waals surface area contributed by atoms with Crippen molar-refractivity contribution in [2.45, 2.75) is 43.7 Å². The van der Waals surface area contributed by atoms with E-state index < -0.39 is 5.60 Å². The summed E-state index contributed by atoms with van der Waals surface area (Å²) in [5.74, 6) is 1.44. The molecule has 24 heavy (non-hydrogen) atoms. The third kappa shape index (κ3) is 2.30. The van der Waals surface area contributed by atoms with Gasteiger partial charge in [-0.1, -0.05) is 0 Å². The summed E-state index contributed by atoms with van der Waals surface area (Å²) in [5, 5.41) is 16.9. The predicted molar refractivity (Wildman–Crippen MR) is 92.4 cm³/mol. The fourth-order valence-electron chi connectivity index (χ4n) is 5.39. The second-order valence-electron chi connectivity index (χ2n) is 7.79. The van der Waals surface area contributed by atoms with Crippen LogP contribution in [-0.2, 0) is 0 Å². The number of hydrogen-bond acceptors (Lipinski definition) is 6. The van der Waals surface area contributed by atoms with Gasteiger partial charge >= 0.3 is 0 Å². The lowest BCUT2D eigenvalue weighted by molar-refractivity contribution is -0.129. The number of aliphatic hydroxyl groups is 1. The molecule has 0 radical (unpaired) electrons. The van der Waals surface area contributed by atoms with Crippen molar-refractivity contribution >= 4 is 23.1 Å². The van der Waals surface area contributed by atoms with E-state index in [4.69, 9.17) is 11.5 Å². The Morgan fingerprint density at radius 3 is 2.54 bits per heavy atom. The van der Waals surface area contributed by atoms with Gasteiger partial charge in [-0.2, -0.15) is 0 Å². The van der Waals surface area contributed by atoms with Gasteiger partial charge in [-0.05, 0) is 49.9 Å². The molecule has 7 nitrogen and oxygen atoms in total. The number of pyridine rings is 1. The van der Waals surface area contributed by atoms with Crippen molar-refractivity contribution in [1.29, 1.82) is 0 Å². The van der Waals surface area contributed by atoms with Gasteiger partial charge in [-0.3, -0.25) is 4.79 Å². The summed E-state index contributed by atoms with van der Waals surface area (Å²) in [6.45, 7) is 0. The third-order valence-corrected chi connectivity index (χ3v) is 6.17. The van der Waals surface area contributed by atoms with Gasteiger partial charge in [0.1, 0.15) is 5.82 Å². The molecule has 0 saturated heterocycles. The first-order valence-electron chi connectivity index (χ1n) is 8.65. The minimum Gasteiger partial charge on any atom is -0.394 e. The molecule has 130 valence electrons. The Morgan fingerprint density at radius 2 is 1.96 bits per heavy atom. The molecule has 1 aromatic rings. The van der Waals surface area contributed by atoms with Crippen molar-refractivity contribution in [1.82, 2.24) is 10.3 Å². The monoisotopic (exact) mass is 331 g/mol. The quantitative estimate of drug-likeness (QED) is 0.561. The molecule has 1 aromatic heterocycles. The molecule has 1 amide bonds. The standard InChI is InChI=1S/C17H25N5O2/c1-20-16(23)11-7-21-15(19)12(18)14(11)22-13-9-2-8-3-10(13)6-17(24,4-8)5-9/h7-10,13,24H,2-6,18H2,1H3,(H,20,23)(H3,19,21,22)/t8?,9-,10+,13+,17-. The molecular weight excluding hydrogens is 306 g/mol. The molecule has 4 aliphatic rings. The molecule has 0 aliphatic heterocycles. The van der Waals surface area contributed by atoms with E-state index in [9.17, 15) is 9.90 Å². The normalized spacial score (nSPS) is 36.6. The van der Waals surface area contributed by atoms with Gasteiger partial charge in [0.05, 0.1) is 22.5 Å². The van der Waals surface area contributed by atoms with Gasteiger partial charge in [0.25, 0.3) is 5.91 Å². The topological polar surface area (TPSA) is 126 Å². The Kier molecular flexibility index (Phi) is 3.38. The molecule has 0 aromatic carbocycles. The third-order valence-electron chi connectivity index (χ3n) is 6.17. The molecule has 7 N–H and O–H groups in total. The van der Waals surface area contributed by atoms with Crippen LogP contribution < -0.4 is 22.1 Å². The Labute approximate surface area is 141 Å². The number of rotatable bonds is 3. The minimum absolute atomic E-state index is 0.217. The van der Waals surface area contributed by atoms with E-state index >= 15 is 0 Å². The maximum Gasteiger partial charge on any atom is 0.254 e. The van der Waals surface area contributed by atoms with E-state index in [0.717, 1.165) is 32.1 Å². The van der Waals surface area contributed by atoms with Crippen molar-refractivity contribution in [3.8, 4) is 0 Å². The van der Waals surface area contributed by atoms with Crippen LogP contribution >= 0.6 is 0 Å². The highest BCUT2D eigenvalue weighted by molar-refractivity contribution is 6.03. The first-order chi connectivity index (χ1) is 11.4. The first-order valence-corrected chi connectivity index (χ1v) is 8.65. The van der Waals surface area contributed by atoms with E-state index in [1.54, 1.807) is 7.05 Å². The lowest BCUT2D eigenvalue weighted by atomic mass is 9.52. The van der Waals surface area contributed by atoms with Gasteiger partial charge in [0, 0.05) is 19.3 Å². The summed E-state index contributed by atoms with van der Waals surface area (Å²) in [7, 11) is 1.58. The Hall–Kier alpha value is -2.02. The number of amides is 1.